The maximum atomic E-state index is 5.34. The van der Waals surface area contributed by atoms with Gasteiger partial charge < -0.3 is 4.57 Å². The van der Waals surface area contributed by atoms with E-state index < -0.39 is 0 Å². The van der Waals surface area contributed by atoms with Crippen LogP contribution in [-0.2, 0) is 0 Å². The summed E-state index contributed by atoms with van der Waals surface area (Å²) in [5.41, 5.74) is 7.48. The SMILES string of the molecule is c1cc(-c2nc(-c3cccc4ccccc34)c3ccccc3n2)cc(-n2c3ccccc3c3c4ccccc4c4sc5ccccc5c4c32)c1. The van der Waals surface area contributed by atoms with Crippen molar-refractivity contribution < 1.29 is 0 Å². The van der Waals surface area contributed by atoms with Crippen LogP contribution in [0.3, 0.4) is 0 Å². The molecule has 232 valence electrons. The van der Waals surface area contributed by atoms with Crippen LogP contribution in [0.2, 0.25) is 0 Å². The summed E-state index contributed by atoms with van der Waals surface area (Å²) < 4.78 is 5.10. The van der Waals surface area contributed by atoms with E-state index in [0.717, 1.165) is 33.4 Å². The molecule has 11 rings (SSSR count). The summed E-state index contributed by atoms with van der Waals surface area (Å²) in [6, 6.07) is 58.7. The zero-order chi connectivity index (χ0) is 32.8. The molecule has 0 atom stereocenters. The minimum atomic E-state index is 0.714. The monoisotopic (exact) mass is 653 g/mol. The van der Waals surface area contributed by atoms with Gasteiger partial charge in [-0.05, 0) is 46.5 Å². The van der Waals surface area contributed by atoms with Gasteiger partial charge in [-0.3, -0.25) is 0 Å². The van der Waals surface area contributed by atoms with Crippen molar-refractivity contribution in [2.45, 2.75) is 0 Å². The van der Waals surface area contributed by atoms with Crippen molar-refractivity contribution in [1.29, 1.82) is 0 Å². The lowest BCUT2D eigenvalue weighted by Gasteiger charge is -2.14. The minimum Gasteiger partial charge on any atom is -0.309 e. The van der Waals surface area contributed by atoms with Crippen LogP contribution in [0.4, 0.5) is 0 Å². The molecule has 0 bridgehead atoms. The molecule has 0 saturated carbocycles. The molecule has 3 heterocycles. The predicted octanol–water partition coefficient (Wildman–Crippen LogP) is 12.7. The molecule has 0 aliphatic rings. The van der Waals surface area contributed by atoms with Crippen molar-refractivity contribution in [3.63, 3.8) is 0 Å². The number of benzene rings is 8. The highest BCUT2D eigenvalue weighted by Gasteiger charge is 2.22. The lowest BCUT2D eigenvalue weighted by Crippen LogP contribution is -1.98. The van der Waals surface area contributed by atoms with E-state index in [0.29, 0.717) is 5.82 Å². The smallest absolute Gasteiger partial charge is 0.160 e. The first-order chi connectivity index (χ1) is 24.8. The fourth-order valence-electron chi connectivity index (χ4n) is 8.01. The van der Waals surface area contributed by atoms with E-state index in [1.807, 2.05) is 11.3 Å². The van der Waals surface area contributed by atoms with Crippen molar-refractivity contribution in [1.82, 2.24) is 14.5 Å². The highest BCUT2D eigenvalue weighted by molar-refractivity contribution is 7.27. The van der Waals surface area contributed by atoms with E-state index in [1.54, 1.807) is 0 Å². The summed E-state index contributed by atoms with van der Waals surface area (Å²) in [5.74, 6) is 0.714. The standard InChI is InChI=1S/C46H27N3S/c1-2-17-31-28(13-1)14-12-23-33(31)43-35-20-5-8-24-38(35)47-46(48-43)29-15-11-16-30(27-29)49-39-25-9-6-21-36(39)41-32-18-3-4-19-34(32)45-42(44(41)49)37-22-7-10-26-40(37)50-45/h1-27H. The second kappa shape index (κ2) is 10.6. The molecule has 50 heavy (non-hydrogen) atoms. The van der Waals surface area contributed by atoms with Crippen LogP contribution in [0.5, 0.6) is 0 Å². The topological polar surface area (TPSA) is 30.7 Å². The Kier molecular flexibility index (Phi) is 5.83. The second-order valence-electron chi connectivity index (χ2n) is 12.9. The number of para-hydroxylation sites is 2. The van der Waals surface area contributed by atoms with E-state index in [9.17, 15) is 0 Å². The van der Waals surface area contributed by atoms with E-state index in [4.69, 9.17) is 9.97 Å². The Morgan fingerprint density at radius 2 is 1.16 bits per heavy atom. The predicted molar refractivity (Wildman–Crippen MR) is 213 cm³/mol. The summed E-state index contributed by atoms with van der Waals surface area (Å²) >= 11 is 1.89. The number of thiophene rings is 1. The number of hydrogen-bond donors (Lipinski definition) is 0. The molecule has 8 aromatic carbocycles. The van der Waals surface area contributed by atoms with E-state index in [1.165, 1.54) is 63.5 Å². The zero-order valence-electron chi connectivity index (χ0n) is 26.8. The minimum absolute atomic E-state index is 0.714. The van der Waals surface area contributed by atoms with E-state index in [-0.39, 0.29) is 0 Å². The molecule has 3 aromatic heterocycles. The lowest BCUT2D eigenvalue weighted by molar-refractivity contribution is 1.18. The normalized spacial score (nSPS) is 12.0. The molecule has 0 amide bonds. The highest BCUT2D eigenvalue weighted by atomic mass is 32.1. The average molecular weight is 654 g/mol. The highest BCUT2D eigenvalue weighted by Crippen LogP contribution is 2.48. The number of fused-ring (bicyclic) bond motifs is 12. The Hall–Kier alpha value is -6.36. The van der Waals surface area contributed by atoms with E-state index in [2.05, 4.69) is 168 Å². The van der Waals surface area contributed by atoms with Crippen LogP contribution in [0.1, 0.15) is 0 Å². The first kappa shape index (κ1) is 27.6. The maximum Gasteiger partial charge on any atom is 0.160 e. The fraction of sp³-hybridized carbons (Fsp3) is 0. The molecule has 0 aliphatic heterocycles. The molecular weight excluding hydrogens is 627 g/mol. The van der Waals surface area contributed by atoms with Crippen LogP contribution in [0.25, 0.3) is 103 Å². The van der Waals surface area contributed by atoms with Gasteiger partial charge in [-0.1, -0.05) is 133 Å². The summed E-state index contributed by atoms with van der Waals surface area (Å²) in [7, 11) is 0. The first-order valence-electron chi connectivity index (χ1n) is 16.9. The summed E-state index contributed by atoms with van der Waals surface area (Å²) in [4.78, 5) is 10.5. The third kappa shape index (κ3) is 3.91. The molecule has 11 aromatic rings. The van der Waals surface area contributed by atoms with Crippen molar-refractivity contribution in [3.8, 4) is 28.3 Å². The van der Waals surface area contributed by atoms with Gasteiger partial charge in [0.15, 0.2) is 5.82 Å². The molecule has 0 fully saturated rings. The van der Waals surface area contributed by atoms with Crippen molar-refractivity contribution >= 4 is 85.8 Å². The third-order valence-corrected chi connectivity index (χ3v) is 11.4. The van der Waals surface area contributed by atoms with Gasteiger partial charge in [0, 0.05) is 58.5 Å². The van der Waals surface area contributed by atoms with Crippen LogP contribution >= 0.6 is 11.3 Å². The molecule has 0 spiro atoms. The van der Waals surface area contributed by atoms with Crippen LogP contribution in [0.15, 0.2) is 164 Å². The van der Waals surface area contributed by atoms with Crippen molar-refractivity contribution in [2.24, 2.45) is 0 Å². The summed E-state index contributed by atoms with van der Waals surface area (Å²) in [5, 5.41) is 11.2. The Balaban J connectivity index is 1.22. The fourth-order valence-corrected chi connectivity index (χ4v) is 9.26. The van der Waals surface area contributed by atoms with Gasteiger partial charge in [-0.2, -0.15) is 0 Å². The molecule has 0 aliphatic carbocycles. The zero-order valence-corrected chi connectivity index (χ0v) is 27.7. The van der Waals surface area contributed by atoms with Gasteiger partial charge >= 0.3 is 0 Å². The van der Waals surface area contributed by atoms with Crippen molar-refractivity contribution in [2.75, 3.05) is 0 Å². The third-order valence-electron chi connectivity index (χ3n) is 10.2. The molecule has 0 saturated heterocycles. The molecule has 0 N–H and O–H groups in total. The Morgan fingerprint density at radius 3 is 2.06 bits per heavy atom. The molecule has 4 heteroatoms. The van der Waals surface area contributed by atoms with Gasteiger partial charge in [-0.25, -0.2) is 9.97 Å². The van der Waals surface area contributed by atoms with Gasteiger partial charge in [0.2, 0.25) is 0 Å². The number of hydrogen-bond acceptors (Lipinski definition) is 3. The summed E-state index contributed by atoms with van der Waals surface area (Å²) in [6.45, 7) is 0. The van der Waals surface area contributed by atoms with Gasteiger partial charge in [0.25, 0.3) is 0 Å². The molecular formula is C46H27N3S. The van der Waals surface area contributed by atoms with Crippen molar-refractivity contribution in [3.05, 3.63) is 164 Å². The molecule has 3 nitrogen and oxygen atoms in total. The number of aromatic nitrogens is 3. The maximum absolute atomic E-state index is 5.34. The number of rotatable bonds is 3. The Morgan fingerprint density at radius 1 is 0.480 bits per heavy atom. The Labute approximate surface area is 291 Å². The quantitative estimate of drug-likeness (QED) is 0.190. The van der Waals surface area contributed by atoms with Gasteiger partial charge in [-0.15, -0.1) is 11.3 Å². The molecule has 0 unspecified atom stereocenters. The summed E-state index contributed by atoms with van der Waals surface area (Å²) in [6.07, 6.45) is 0. The van der Waals surface area contributed by atoms with Crippen LogP contribution in [0, 0.1) is 0 Å². The van der Waals surface area contributed by atoms with E-state index >= 15 is 0 Å². The largest absolute Gasteiger partial charge is 0.309 e. The van der Waals surface area contributed by atoms with Crippen LogP contribution < -0.4 is 0 Å². The Bertz CT molecular complexity index is 3160. The van der Waals surface area contributed by atoms with Gasteiger partial charge in [0.1, 0.15) is 0 Å². The second-order valence-corrected chi connectivity index (χ2v) is 14.0. The van der Waals surface area contributed by atoms with Crippen LogP contribution in [-0.4, -0.2) is 14.5 Å². The average Bonchev–Trinajstić information content (AvgIpc) is 3.74. The number of nitrogens with zero attached hydrogens (tertiary/aromatic N) is 3. The van der Waals surface area contributed by atoms with Gasteiger partial charge in [0.05, 0.1) is 22.2 Å². The lowest BCUT2D eigenvalue weighted by atomic mass is 9.99. The molecule has 0 radical (unpaired) electrons. The first-order valence-corrected chi connectivity index (χ1v) is 17.7.